The van der Waals surface area contributed by atoms with Crippen molar-refractivity contribution in [3.05, 3.63) is 40.7 Å². The summed E-state index contributed by atoms with van der Waals surface area (Å²) in [5.74, 6) is 0.510. The van der Waals surface area contributed by atoms with Gasteiger partial charge in [-0.05, 0) is 12.3 Å². The van der Waals surface area contributed by atoms with Crippen LogP contribution in [0.15, 0.2) is 35.7 Å². The average molecular weight is 290 g/mol. The average Bonchev–Trinajstić information content (AvgIpc) is 2.93. The van der Waals surface area contributed by atoms with E-state index in [0.717, 1.165) is 29.2 Å². The van der Waals surface area contributed by atoms with Crippen LogP contribution in [0.25, 0.3) is 11.3 Å². The van der Waals surface area contributed by atoms with Gasteiger partial charge < -0.3 is 10.4 Å². The smallest absolute Gasteiger partial charge is 0.107 e. The Labute approximate surface area is 124 Å². The van der Waals surface area contributed by atoms with Gasteiger partial charge in [-0.2, -0.15) is 0 Å². The van der Waals surface area contributed by atoms with Gasteiger partial charge in [0.2, 0.25) is 0 Å². The van der Waals surface area contributed by atoms with Crippen molar-refractivity contribution in [3.8, 4) is 11.3 Å². The van der Waals surface area contributed by atoms with E-state index in [1.807, 2.05) is 18.2 Å². The normalized spacial score (nSPS) is 12.8. The SMILES string of the molecule is CC(C)C(CCO)NCc1nc(-c2ccccc2)cs1. The van der Waals surface area contributed by atoms with Crippen LogP contribution in [-0.2, 0) is 6.54 Å². The van der Waals surface area contributed by atoms with E-state index in [1.165, 1.54) is 0 Å². The van der Waals surface area contributed by atoms with E-state index in [-0.39, 0.29) is 6.61 Å². The number of aromatic nitrogens is 1. The summed E-state index contributed by atoms with van der Waals surface area (Å²) in [6, 6.07) is 10.6. The van der Waals surface area contributed by atoms with Crippen LogP contribution in [0.3, 0.4) is 0 Å². The van der Waals surface area contributed by atoms with Gasteiger partial charge in [-0.1, -0.05) is 44.2 Å². The van der Waals surface area contributed by atoms with Gasteiger partial charge in [0.05, 0.1) is 5.69 Å². The van der Waals surface area contributed by atoms with Gasteiger partial charge in [0.1, 0.15) is 5.01 Å². The molecule has 0 radical (unpaired) electrons. The summed E-state index contributed by atoms with van der Waals surface area (Å²) in [5, 5.41) is 15.8. The standard InChI is InChI=1S/C16H22N2OS/c1-12(2)14(8-9-19)17-10-16-18-15(11-20-16)13-6-4-3-5-7-13/h3-7,11-12,14,17,19H,8-10H2,1-2H3. The van der Waals surface area contributed by atoms with Gasteiger partial charge in [-0.15, -0.1) is 11.3 Å². The fourth-order valence-electron chi connectivity index (χ4n) is 2.16. The molecule has 0 fully saturated rings. The molecule has 0 saturated carbocycles. The minimum Gasteiger partial charge on any atom is -0.396 e. The fourth-order valence-corrected chi connectivity index (χ4v) is 2.92. The van der Waals surface area contributed by atoms with Crippen LogP contribution in [0.5, 0.6) is 0 Å². The van der Waals surface area contributed by atoms with E-state index in [4.69, 9.17) is 5.11 Å². The molecule has 4 heteroatoms. The lowest BCUT2D eigenvalue weighted by atomic mass is 10.0. The number of hydrogen-bond donors (Lipinski definition) is 2. The van der Waals surface area contributed by atoms with Gasteiger partial charge in [0, 0.05) is 30.1 Å². The van der Waals surface area contributed by atoms with Gasteiger partial charge in [-0.3, -0.25) is 0 Å². The Hall–Kier alpha value is -1.23. The molecule has 0 saturated heterocycles. The highest BCUT2D eigenvalue weighted by Crippen LogP contribution is 2.21. The topological polar surface area (TPSA) is 45.1 Å². The van der Waals surface area contributed by atoms with Crippen molar-refractivity contribution in [3.63, 3.8) is 0 Å². The van der Waals surface area contributed by atoms with Crippen LogP contribution in [0.4, 0.5) is 0 Å². The number of hydrogen-bond acceptors (Lipinski definition) is 4. The minimum absolute atomic E-state index is 0.225. The number of aliphatic hydroxyl groups excluding tert-OH is 1. The van der Waals surface area contributed by atoms with Crippen molar-refractivity contribution in [2.45, 2.75) is 32.9 Å². The summed E-state index contributed by atoms with van der Waals surface area (Å²) in [6.07, 6.45) is 0.786. The molecule has 0 amide bonds. The molecule has 108 valence electrons. The number of nitrogens with one attached hydrogen (secondary N) is 1. The Morgan fingerprint density at radius 2 is 2.00 bits per heavy atom. The first-order valence-electron chi connectivity index (χ1n) is 7.04. The third-order valence-corrected chi connectivity index (χ3v) is 4.23. The largest absolute Gasteiger partial charge is 0.396 e. The lowest BCUT2D eigenvalue weighted by Gasteiger charge is -2.20. The first-order valence-corrected chi connectivity index (χ1v) is 7.92. The van der Waals surface area contributed by atoms with Crippen LogP contribution in [0, 0.1) is 5.92 Å². The van der Waals surface area contributed by atoms with E-state index in [2.05, 4.69) is 41.7 Å². The Morgan fingerprint density at radius 3 is 2.65 bits per heavy atom. The van der Waals surface area contributed by atoms with Crippen LogP contribution in [0.2, 0.25) is 0 Å². The summed E-state index contributed by atoms with van der Waals surface area (Å²) in [4.78, 5) is 4.67. The van der Waals surface area contributed by atoms with E-state index in [1.54, 1.807) is 11.3 Å². The zero-order chi connectivity index (χ0) is 14.4. The summed E-state index contributed by atoms with van der Waals surface area (Å²) in [6.45, 7) is 5.33. The lowest BCUT2D eigenvalue weighted by Crippen LogP contribution is -2.34. The van der Waals surface area contributed by atoms with E-state index in [0.29, 0.717) is 12.0 Å². The summed E-state index contributed by atoms with van der Waals surface area (Å²) < 4.78 is 0. The molecule has 1 aromatic heterocycles. The van der Waals surface area contributed by atoms with Crippen LogP contribution >= 0.6 is 11.3 Å². The Bertz CT molecular complexity index is 510. The highest BCUT2D eigenvalue weighted by Gasteiger charge is 2.13. The molecule has 2 aromatic rings. The summed E-state index contributed by atoms with van der Waals surface area (Å²) in [7, 11) is 0. The molecular formula is C16H22N2OS. The molecular weight excluding hydrogens is 268 g/mol. The zero-order valence-electron chi connectivity index (χ0n) is 12.0. The Balaban J connectivity index is 1.96. The molecule has 2 rings (SSSR count). The minimum atomic E-state index is 0.225. The number of benzene rings is 1. The second kappa shape index (κ2) is 7.53. The van der Waals surface area contributed by atoms with Crippen molar-refractivity contribution >= 4 is 11.3 Å². The molecule has 0 spiro atoms. The monoisotopic (exact) mass is 290 g/mol. The molecule has 1 unspecified atom stereocenters. The molecule has 1 aromatic carbocycles. The molecule has 0 aliphatic carbocycles. The third kappa shape index (κ3) is 4.13. The molecule has 3 nitrogen and oxygen atoms in total. The quantitative estimate of drug-likeness (QED) is 0.822. The number of rotatable bonds is 7. The molecule has 1 atom stereocenters. The predicted octanol–water partition coefficient (Wildman–Crippen LogP) is 3.31. The van der Waals surface area contributed by atoms with Gasteiger partial charge >= 0.3 is 0 Å². The number of aliphatic hydroxyl groups is 1. The number of nitrogens with zero attached hydrogens (tertiary/aromatic N) is 1. The van der Waals surface area contributed by atoms with E-state index in [9.17, 15) is 0 Å². The molecule has 2 N–H and O–H groups in total. The Morgan fingerprint density at radius 1 is 1.25 bits per heavy atom. The maximum absolute atomic E-state index is 9.08. The first-order chi connectivity index (χ1) is 9.70. The Kier molecular flexibility index (Phi) is 5.71. The molecule has 1 heterocycles. The van der Waals surface area contributed by atoms with E-state index >= 15 is 0 Å². The maximum Gasteiger partial charge on any atom is 0.107 e. The number of thiazole rings is 1. The van der Waals surface area contributed by atoms with Crippen molar-refractivity contribution in [1.82, 2.24) is 10.3 Å². The second-order valence-corrected chi connectivity index (χ2v) is 6.18. The molecule has 20 heavy (non-hydrogen) atoms. The third-order valence-electron chi connectivity index (χ3n) is 3.38. The fraction of sp³-hybridized carbons (Fsp3) is 0.438. The second-order valence-electron chi connectivity index (χ2n) is 5.24. The van der Waals surface area contributed by atoms with Crippen molar-refractivity contribution in [1.29, 1.82) is 0 Å². The maximum atomic E-state index is 9.08. The van der Waals surface area contributed by atoms with E-state index < -0.39 is 0 Å². The molecule has 0 bridgehead atoms. The van der Waals surface area contributed by atoms with Crippen LogP contribution in [-0.4, -0.2) is 22.7 Å². The molecule has 0 aliphatic heterocycles. The van der Waals surface area contributed by atoms with Crippen molar-refractivity contribution < 1.29 is 5.11 Å². The van der Waals surface area contributed by atoms with Crippen LogP contribution in [0.1, 0.15) is 25.3 Å². The van der Waals surface area contributed by atoms with Gasteiger partial charge in [0.15, 0.2) is 0 Å². The summed E-state index contributed by atoms with van der Waals surface area (Å²) in [5.41, 5.74) is 2.20. The molecule has 0 aliphatic rings. The van der Waals surface area contributed by atoms with Crippen molar-refractivity contribution in [2.24, 2.45) is 5.92 Å². The lowest BCUT2D eigenvalue weighted by molar-refractivity contribution is 0.244. The zero-order valence-corrected chi connectivity index (χ0v) is 12.9. The highest BCUT2D eigenvalue weighted by molar-refractivity contribution is 7.09. The van der Waals surface area contributed by atoms with Gasteiger partial charge in [0.25, 0.3) is 0 Å². The summed E-state index contributed by atoms with van der Waals surface area (Å²) >= 11 is 1.68. The first kappa shape index (κ1) is 15.2. The van der Waals surface area contributed by atoms with Crippen molar-refractivity contribution in [2.75, 3.05) is 6.61 Å². The predicted molar refractivity (Wildman–Crippen MR) is 84.7 cm³/mol. The highest BCUT2D eigenvalue weighted by atomic mass is 32.1. The van der Waals surface area contributed by atoms with Gasteiger partial charge in [-0.25, -0.2) is 4.98 Å². The van der Waals surface area contributed by atoms with Crippen LogP contribution < -0.4 is 5.32 Å².